The number of Topliss-reactive ketones (excluding diaryl/α,β-unsaturated/α-hetero) is 1. The standard InChI is InChI=1S/C21H16FN3O4/c1-24-17-10-13(6-8-19(17)29-12-21(24)28)18(26)11-25-20(27)9-7-16(23-25)14-4-2-3-5-15(14)22/h2-10H,11-12H2,1H3. The molecule has 29 heavy (non-hydrogen) atoms. The number of carbonyl (C=O) groups is 2. The lowest BCUT2D eigenvalue weighted by Crippen LogP contribution is -2.35. The number of rotatable bonds is 4. The highest BCUT2D eigenvalue weighted by atomic mass is 19.1. The second kappa shape index (κ2) is 7.31. The summed E-state index contributed by atoms with van der Waals surface area (Å²) in [6.07, 6.45) is 0. The lowest BCUT2D eigenvalue weighted by molar-refractivity contribution is -0.120. The largest absolute Gasteiger partial charge is 0.482 e. The predicted molar refractivity (Wildman–Crippen MR) is 104 cm³/mol. The molecule has 0 unspecified atom stereocenters. The van der Waals surface area contributed by atoms with Crippen molar-refractivity contribution in [2.24, 2.45) is 0 Å². The number of likely N-dealkylation sites (N-methyl/N-ethyl adjacent to an activating group) is 1. The molecule has 1 amide bonds. The number of ketones is 1. The Morgan fingerprint density at radius 3 is 2.72 bits per heavy atom. The Labute approximate surface area is 165 Å². The number of carbonyl (C=O) groups excluding carboxylic acids is 2. The number of anilines is 1. The molecular formula is C21H16FN3O4. The summed E-state index contributed by atoms with van der Waals surface area (Å²) in [5.74, 6) is -0.573. The van der Waals surface area contributed by atoms with Crippen molar-refractivity contribution in [2.75, 3.05) is 18.6 Å². The van der Waals surface area contributed by atoms with Crippen molar-refractivity contribution in [1.29, 1.82) is 0 Å². The van der Waals surface area contributed by atoms with Gasteiger partial charge in [-0.05, 0) is 36.4 Å². The number of aromatic nitrogens is 2. The van der Waals surface area contributed by atoms with Crippen LogP contribution in [-0.2, 0) is 11.3 Å². The second-order valence-corrected chi connectivity index (χ2v) is 6.54. The minimum Gasteiger partial charge on any atom is -0.482 e. The van der Waals surface area contributed by atoms with Crippen LogP contribution >= 0.6 is 0 Å². The molecule has 0 saturated heterocycles. The maximum Gasteiger partial charge on any atom is 0.267 e. The van der Waals surface area contributed by atoms with Crippen molar-refractivity contribution in [3.63, 3.8) is 0 Å². The average Bonchev–Trinajstić information content (AvgIpc) is 2.72. The summed E-state index contributed by atoms with van der Waals surface area (Å²) in [6, 6.07) is 13.4. The van der Waals surface area contributed by atoms with Crippen LogP contribution in [0.1, 0.15) is 10.4 Å². The van der Waals surface area contributed by atoms with Crippen LogP contribution in [0.2, 0.25) is 0 Å². The third-order valence-corrected chi connectivity index (χ3v) is 4.68. The molecule has 0 N–H and O–H groups in total. The Balaban J connectivity index is 1.64. The van der Waals surface area contributed by atoms with E-state index in [2.05, 4.69) is 5.10 Å². The molecule has 0 fully saturated rings. The van der Waals surface area contributed by atoms with Gasteiger partial charge >= 0.3 is 0 Å². The summed E-state index contributed by atoms with van der Waals surface area (Å²) in [5, 5.41) is 4.14. The molecule has 0 aliphatic carbocycles. The zero-order valence-electron chi connectivity index (χ0n) is 15.5. The van der Waals surface area contributed by atoms with Crippen molar-refractivity contribution in [2.45, 2.75) is 6.54 Å². The van der Waals surface area contributed by atoms with Crippen molar-refractivity contribution in [3.05, 3.63) is 76.3 Å². The molecule has 8 heteroatoms. The van der Waals surface area contributed by atoms with Gasteiger partial charge in [-0.15, -0.1) is 0 Å². The van der Waals surface area contributed by atoms with Crippen LogP contribution < -0.4 is 15.2 Å². The van der Waals surface area contributed by atoms with Gasteiger partial charge in [0.15, 0.2) is 12.4 Å². The summed E-state index contributed by atoms with van der Waals surface area (Å²) in [6.45, 7) is -0.378. The fourth-order valence-electron chi connectivity index (χ4n) is 3.05. The van der Waals surface area contributed by atoms with E-state index in [0.717, 1.165) is 4.68 Å². The molecule has 0 spiro atoms. The molecule has 0 atom stereocenters. The Morgan fingerprint density at radius 1 is 1.14 bits per heavy atom. The number of nitrogens with zero attached hydrogens (tertiary/aromatic N) is 3. The SMILES string of the molecule is CN1C(=O)COc2ccc(C(=O)Cn3nc(-c4ccccc4F)ccc3=O)cc21. The van der Waals surface area contributed by atoms with Gasteiger partial charge < -0.3 is 9.64 Å². The predicted octanol–water partition coefficient (Wildman–Crippen LogP) is 2.29. The number of ether oxygens (including phenoxy) is 1. The highest BCUT2D eigenvalue weighted by Crippen LogP contribution is 2.32. The van der Waals surface area contributed by atoms with Crippen molar-refractivity contribution >= 4 is 17.4 Å². The third kappa shape index (κ3) is 3.52. The zero-order chi connectivity index (χ0) is 20.5. The monoisotopic (exact) mass is 393 g/mol. The van der Waals surface area contributed by atoms with Crippen molar-refractivity contribution < 1.29 is 18.7 Å². The molecule has 3 aromatic rings. The molecule has 1 aliphatic rings. The fourth-order valence-corrected chi connectivity index (χ4v) is 3.05. The van der Waals surface area contributed by atoms with Gasteiger partial charge in [0.05, 0.1) is 11.4 Å². The van der Waals surface area contributed by atoms with E-state index in [0.29, 0.717) is 17.0 Å². The van der Waals surface area contributed by atoms with Crippen LogP contribution in [0.4, 0.5) is 10.1 Å². The van der Waals surface area contributed by atoms with E-state index in [9.17, 15) is 18.8 Å². The van der Waals surface area contributed by atoms with E-state index in [4.69, 9.17) is 4.74 Å². The van der Waals surface area contributed by atoms with Crippen molar-refractivity contribution in [3.8, 4) is 17.0 Å². The Hall–Kier alpha value is -3.81. The van der Waals surface area contributed by atoms with Crippen LogP contribution in [0.25, 0.3) is 11.3 Å². The number of hydrogen-bond acceptors (Lipinski definition) is 5. The van der Waals surface area contributed by atoms with E-state index >= 15 is 0 Å². The summed E-state index contributed by atoms with van der Waals surface area (Å²) in [7, 11) is 1.60. The van der Waals surface area contributed by atoms with Crippen LogP contribution in [0.5, 0.6) is 5.75 Å². The number of halogens is 1. The third-order valence-electron chi connectivity index (χ3n) is 4.68. The topological polar surface area (TPSA) is 81.5 Å². The number of fused-ring (bicyclic) bond motifs is 1. The quantitative estimate of drug-likeness (QED) is 0.636. The van der Waals surface area contributed by atoms with Gasteiger partial charge in [0.25, 0.3) is 11.5 Å². The minimum atomic E-state index is -0.480. The minimum absolute atomic E-state index is 0.0566. The van der Waals surface area contributed by atoms with Crippen LogP contribution in [-0.4, -0.2) is 35.1 Å². The first-order chi connectivity index (χ1) is 13.9. The molecule has 2 aromatic carbocycles. The summed E-state index contributed by atoms with van der Waals surface area (Å²) < 4.78 is 20.4. The van der Waals surface area contributed by atoms with E-state index < -0.39 is 11.4 Å². The van der Waals surface area contributed by atoms with Crippen LogP contribution in [0.3, 0.4) is 0 Å². The maximum atomic E-state index is 14.0. The lowest BCUT2D eigenvalue weighted by Gasteiger charge is -2.26. The first-order valence-electron chi connectivity index (χ1n) is 8.84. The second-order valence-electron chi connectivity index (χ2n) is 6.54. The number of amides is 1. The van der Waals surface area contributed by atoms with Gasteiger partial charge in [0.1, 0.15) is 18.1 Å². The van der Waals surface area contributed by atoms with Crippen molar-refractivity contribution in [1.82, 2.24) is 9.78 Å². The average molecular weight is 393 g/mol. The van der Waals surface area contributed by atoms with Gasteiger partial charge in [0.2, 0.25) is 0 Å². The molecule has 4 rings (SSSR count). The van der Waals surface area contributed by atoms with Gasteiger partial charge in [0, 0.05) is 24.2 Å². The lowest BCUT2D eigenvalue weighted by atomic mass is 10.1. The first-order valence-corrected chi connectivity index (χ1v) is 8.84. The Morgan fingerprint density at radius 2 is 1.93 bits per heavy atom. The molecule has 0 saturated carbocycles. The van der Waals surface area contributed by atoms with Gasteiger partial charge in [-0.25, -0.2) is 9.07 Å². The van der Waals surface area contributed by atoms with Gasteiger partial charge in [-0.1, -0.05) is 12.1 Å². The molecular weight excluding hydrogens is 377 g/mol. The first kappa shape index (κ1) is 18.5. The molecule has 7 nitrogen and oxygen atoms in total. The number of benzene rings is 2. The smallest absolute Gasteiger partial charge is 0.267 e. The molecule has 146 valence electrons. The van der Waals surface area contributed by atoms with Crippen LogP contribution in [0.15, 0.2) is 59.4 Å². The van der Waals surface area contributed by atoms with Gasteiger partial charge in [-0.3, -0.25) is 14.4 Å². The molecule has 1 aromatic heterocycles. The molecule has 1 aliphatic heterocycles. The van der Waals surface area contributed by atoms with E-state index in [-0.39, 0.29) is 36.1 Å². The molecule has 2 heterocycles. The number of hydrogen-bond donors (Lipinski definition) is 0. The molecule has 0 radical (unpaired) electrons. The maximum absolute atomic E-state index is 14.0. The van der Waals surface area contributed by atoms with E-state index in [1.165, 1.54) is 23.1 Å². The summed E-state index contributed by atoms with van der Waals surface area (Å²) >= 11 is 0. The normalized spacial score (nSPS) is 13.0. The zero-order valence-corrected chi connectivity index (χ0v) is 15.5. The molecule has 0 bridgehead atoms. The van der Waals surface area contributed by atoms with Gasteiger partial charge in [-0.2, -0.15) is 5.10 Å². The van der Waals surface area contributed by atoms with E-state index in [1.54, 1.807) is 43.4 Å². The van der Waals surface area contributed by atoms with Crippen LogP contribution in [0, 0.1) is 5.82 Å². The summed E-state index contributed by atoms with van der Waals surface area (Å²) in [5.41, 5.74) is 0.790. The van der Waals surface area contributed by atoms with E-state index in [1.807, 2.05) is 0 Å². The highest BCUT2D eigenvalue weighted by Gasteiger charge is 2.23. The fraction of sp³-hybridized carbons (Fsp3) is 0.143. The highest BCUT2D eigenvalue weighted by molar-refractivity contribution is 6.01. The Bertz CT molecular complexity index is 1190. The Kier molecular flexibility index (Phi) is 4.67. The summed E-state index contributed by atoms with van der Waals surface area (Å²) in [4.78, 5) is 38.1.